The van der Waals surface area contributed by atoms with Crippen LogP contribution in [0, 0.1) is 18.8 Å². The van der Waals surface area contributed by atoms with Crippen LogP contribution in [0.2, 0.25) is 0 Å². The van der Waals surface area contributed by atoms with Crippen molar-refractivity contribution in [3.8, 4) is 0 Å². The number of thioether (sulfide) groups is 1. The van der Waals surface area contributed by atoms with Crippen LogP contribution in [-0.4, -0.2) is 44.4 Å². The van der Waals surface area contributed by atoms with Crippen molar-refractivity contribution in [1.29, 1.82) is 0 Å². The first-order chi connectivity index (χ1) is 8.97. The summed E-state index contributed by atoms with van der Waals surface area (Å²) in [6.07, 6.45) is 1.22. The first-order valence-corrected chi connectivity index (χ1v) is 7.72. The Bertz CT molecular complexity index is 449. The maximum absolute atomic E-state index is 12.2. The number of amides is 1. The molecule has 2 rings (SSSR count). The van der Waals surface area contributed by atoms with E-state index in [9.17, 15) is 4.79 Å². The molecule has 0 aromatic carbocycles. The zero-order chi connectivity index (χ0) is 14.0. The number of hydrogen-bond donors (Lipinski definition) is 0. The first-order valence-electron chi connectivity index (χ1n) is 6.74. The highest BCUT2D eigenvalue weighted by Crippen LogP contribution is 2.22. The fraction of sp³-hybridized carbons (Fsp3) is 0.769. The average molecular weight is 282 g/mol. The number of rotatable bonds is 3. The average Bonchev–Trinajstić information content (AvgIpc) is 2.66. The van der Waals surface area contributed by atoms with Crippen LogP contribution in [-0.2, 0) is 11.8 Å². The molecule has 1 aromatic heterocycles. The molecule has 2 heterocycles. The van der Waals surface area contributed by atoms with Crippen LogP contribution in [0.3, 0.4) is 0 Å². The zero-order valence-corrected chi connectivity index (χ0v) is 12.9. The fourth-order valence-corrected chi connectivity index (χ4v) is 3.46. The second-order valence-corrected chi connectivity index (χ2v) is 6.56. The Morgan fingerprint density at radius 1 is 1.32 bits per heavy atom. The summed E-state index contributed by atoms with van der Waals surface area (Å²) in [6.45, 7) is 8.13. The van der Waals surface area contributed by atoms with Gasteiger partial charge in [-0.3, -0.25) is 4.79 Å². The molecule has 0 aliphatic carbocycles. The third kappa shape index (κ3) is 3.49. The van der Waals surface area contributed by atoms with Crippen LogP contribution in [0.1, 0.15) is 26.1 Å². The Morgan fingerprint density at radius 3 is 2.47 bits per heavy atom. The number of carbonyl (C=O) groups excluding carboxylic acids is 1. The second kappa shape index (κ2) is 5.94. The summed E-state index contributed by atoms with van der Waals surface area (Å²) in [5.74, 6) is 2.74. The maximum Gasteiger partial charge on any atom is 0.233 e. The van der Waals surface area contributed by atoms with Crippen molar-refractivity contribution < 1.29 is 4.79 Å². The molecule has 1 amide bonds. The molecule has 1 fully saturated rings. The molecule has 0 N–H and O–H groups in total. The predicted molar refractivity (Wildman–Crippen MR) is 76.0 cm³/mol. The summed E-state index contributed by atoms with van der Waals surface area (Å²) in [7, 11) is 1.92. The number of likely N-dealkylation sites (tertiary alicyclic amines) is 1. The van der Waals surface area contributed by atoms with Gasteiger partial charge in [0.15, 0.2) is 5.16 Å². The Labute approximate surface area is 118 Å². The van der Waals surface area contributed by atoms with Crippen LogP contribution in [0.5, 0.6) is 0 Å². The number of piperidine rings is 1. The molecule has 6 heteroatoms. The molecule has 0 radical (unpaired) electrons. The van der Waals surface area contributed by atoms with Gasteiger partial charge in [-0.2, -0.15) is 0 Å². The molecule has 2 atom stereocenters. The summed E-state index contributed by atoms with van der Waals surface area (Å²) in [6, 6.07) is 0. The maximum atomic E-state index is 12.2. The molecule has 1 aromatic rings. The lowest BCUT2D eigenvalue weighted by Gasteiger charge is -2.34. The van der Waals surface area contributed by atoms with Crippen molar-refractivity contribution >= 4 is 17.7 Å². The van der Waals surface area contributed by atoms with E-state index in [0.29, 0.717) is 17.6 Å². The number of aryl methyl sites for hydroxylation is 1. The van der Waals surface area contributed by atoms with Gasteiger partial charge in [0, 0.05) is 20.1 Å². The van der Waals surface area contributed by atoms with E-state index in [1.807, 2.05) is 23.4 Å². The third-order valence-electron chi connectivity index (χ3n) is 3.60. The van der Waals surface area contributed by atoms with E-state index in [0.717, 1.165) is 24.1 Å². The van der Waals surface area contributed by atoms with Crippen LogP contribution < -0.4 is 0 Å². The molecule has 19 heavy (non-hydrogen) atoms. The van der Waals surface area contributed by atoms with Gasteiger partial charge in [0.2, 0.25) is 5.91 Å². The number of carbonyl (C=O) groups is 1. The third-order valence-corrected chi connectivity index (χ3v) is 4.60. The Morgan fingerprint density at radius 2 is 1.95 bits per heavy atom. The predicted octanol–water partition coefficient (Wildman–Crippen LogP) is 1.72. The monoisotopic (exact) mass is 282 g/mol. The normalized spacial score (nSPS) is 23.7. The van der Waals surface area contributed by atoms with Crippen molar-refractivity contribution in [2.75, 3.05) is 18.8 Å². The minimum atomic E-state index is 0.212. The van der Waals surface area contributed by atoms with Gasteiger partial charge in [-0.1, -0.05) is 25.6 Å². The van der Waals surface area contributed by atoms with E-state index >= 15 is 0 Å². The minimum Gasteiger partial charge on any atom is -0.341 e. The molecule has 0 bridgehead atoms. The lowest BCUT2D eigenvalue weighted by Crippen LogP contribution is -2.43. The van der Waals surface area contributed by atoms with E-state index in [-0.39, 0.29) is 5.91 Å². The minimum absolute atomic E-state index is 0.212. The van der Waals surface area contributed by atoms with Crippen LogP contribution >= 0.6 is 11.8 Å². The van der Waals surface area contributed by atoms with Crippen LogP contribution in [0.25, 0.3) is 0 Å². The molecule has 0 unspecified atom stereocenters. The molecule has 5 nitrogen and oxygen atoms in total. The zero-order valence-electron chi connectivity index (χ0n) is 12.1. The van der Waals surface area contributed by atoms with E-state index < -0.39 is 0 Å². The van der Waals surface area contributed by atoms with E-state index in [1.165, 1.54) is 18.2 Å². The lowest BCUT2D eigenvalue weighted by molar-refractivity contribution is -0.130. The Hall–Kier alpha value is -1.04. The van der Waals surface area contributed by atoms with E-state index in [4.69, 9.17) is 0 Å². The van der Waals surface area contributed by atoms with Crippen molar-refractivity contribution in [3.63, 3.8) is 0 Å². The second-order valence-electron chi connectivity index (χ2n) is 5.62. The van der Waals surface area contributed by atoms with Gasteiger partial charge in [-0.05, 0) is 25.2 Å². The smallest absolute Gasteiger partial charge is 0.233 e. The van der Waals surface area contributed by atoms with Gasteiger partial charge in [-0.25, -0.2) is 0 Å². The first kappa shape index (κ1) is 14.4. The van der Waals surface area contributed by atoms with Crippen molar-refractivity contribution in [2.24, 2.45) is 18.9 Å². The van der Waals surface area contributed by atoms with Gasteiger partial charge in [0.25, 0.3) is 0 Å². The van der Waals surface area contributed by atoms with Crippen molar-refractivity contribution in [1.82, 2.24) is 19.7 Å². The van der Waals surface area contributed by atoms with Crippen molar-refractivity contribution in [2.45, 2.75) is 32.3 Å². The van der Waals surface area contributed by atoms with Gasteiger partial charge >= 0.3 is 0 Å². The summed E-state index contributed by atoms with van der Waals surface area (Å²) in [4.78, 5) is 14.2. The standard InChI is InChI=1S/C13H22N4OS/c1-9-5-10(2)7-17(6-9)12(18)8-19-13-15-14-11(3)16(13)4/h9-10H,5-8H2,1-4H3/t9-,10+. The van der Waals surface area contributed by atoms with Gasteiger partial charge in [-0.15, -0.1) is 10.2 Å². The quantitative estimate of drug-likeness (QED) is 0.792. The van der Waals surface area contributed by atoms with Gasteiger partial charge in [0.05, 0.1) is 5.75 Å². The number of hydrogen-bond acceptors (Lipinski definition) is 4. The van der Waals surface area contributed by atoms with Gasteiger partial charge < -0.3 is 9.47 Å². The summed E-state index contributed by atoms with van der Waals surface area (Å²) >= 11 is 1.47. The van der Waals surface area contributed by atoms with E-state index in [1.54, 1.807) is 0 Å². The number of aromatic nitrogens is 3. The highest BCUT2D eigenvalue weighted by Gasteiger charge is 2.25. The lowest BCUT2D eigenvalue weighted by atomic mass is 9.92. The highest BCUT2D eigenvalue weighted by molar-refractivity contribution is 7.99. The number of nitrogens with zero attached hydrogens (tertiary/aromatic N) is 4. The molecular weight excluding hydrogens is 260 g/mol. The molecule has 0 saturated carbocycles. The SMILES string of the molecule is Cc1nnc(SCC(=O)N2C[C@H](C)C[C@H](C)C2)n1C. The molecule has 1 aliphatic heterocycles. The van der Waals surface area contributed by atoms with E-state index in [2.05, 4.69) is 24.0 Å². The van der Waals surface area contributed by atoms with Crippen LogP contribution in [0.4, 0.5) is 0 Å². The van der Waals surface area contributed by atoms with Crippen molar-refractivity contribution in [3.05, 3.63) is 5.82 Å². The molecule has 1 saturated heterocycles. The topological polar surface area (TPSA) is 51.0 Å². The Kier molecular flexibility index (Phi) is 4.50. The summed E-state index contributed by atoms with van der Waals surface area (Å²) in [5, 5.41) is 8.87. The molecule has 0 spiro atoms. The Balaban J connectivity index is 1.89. The van der Waals surface area contributed by atoms with Gasteiger partial charge in [0.1, 0.15) is 5.82 Å². The molecule has 106 valence electrons. The van der Waals surface area contributed by atoms with Crippen LogP contribution in [0.15, 0.2) is 5.16 Å². The summed E-state index contributed by atoms with van der Waals surface area (Å²) < 4.78 is 1.92. The molecule has 1 aliphatic rings. The summed E-state index contributed by atoms with van der Waals surface area (Å²) in [5.41, 5.74) is 0. The highest BCUT2D eigenvalue weighted by atomic mass is 32.2. The fourth-order valence-electron chi connectivity index (χ4n) is 2.60. The molecular formula is C13H22N4OS. The largest absolute Gasteiger partial charge is 0.341 e.